The van der Waals surface area contributed by atoms with Crippen molar-refractivity contribution in [3.8, 4) is 0 Å². The van der Waals surface area contributed by atoms with Crippen molar-refractivity contribution in [2.45, 2.75) is 25.3 Å². The molecule has 0 aliphatic heterocycles. The minimum Gasteiger partial charge on any atom is -0.481 e. The highest BCUT2D eigenvalue weighted by Gasteiger charge is 2.52. The second kappa shape index (κ2) is 3.34. The van der Waals surface area contributed by atoms with Crippen molar-refractivity contribution < 1.29 is 14.7 Å². The Bertz CT molecular complexity index is 372. The molecule has 2 N–H and O–H groups in total. The predicted octanol–water partition coefficient (Wildman–Crippen LogP) is 0.788. The molecule has 0 aromatic rings. The van der Waals surface area contributed by atoms with Crippen LogP contribution in [0.25, 0.3) is 0 Å². The summed E-state index contributed by atoms with van der Waals surface area (Å²) in [6.07, 6.45) is 6.89. The van der Waals surface area contributed by atoms with Crippen LogP contribution < -0.4 is 5.32 Å². The van der Waals surface area contributed by atoms with E-state index in [0.29, 0.717) is 6.04 Å². The molecular weight excluding hydrogens is 206 g/mol. The van der Waals surface area contributed by atoms with Crippen LogP contribution in [-0.4, -0.2) is 23.0 Å². The predicted molar refractivity (Wildman–Crippen MR) is 56.5 cm³/mol. The molecule has 2 saturated carbocycles. The molecule has 0 heterocycles. The molecule has 3 rings (SSSR count). The summed E-state index contributed by atoms with van der Waals surface area (Å²) in [7, 11) is 0. The van der Waals surface area contributed by atoms with Crippen LogP contribution in [0.15, 0.2) is 12.2 Å². The Hall–Kier alpha value is -1.32. The summed E-state index contributed by atoms with van der Waals surface area (Å²) in [6, 6.07) is 0.310. The van der Waals surface area contributed by atoms with E-state index >= 15 is 0 Å². The van der Waals surface area contributed by atoms with E-state index in [1.165, 1.54) is 0 Å². The quantitative estimate of drug-likeness (QED) is 0.692. The molecule has 4 atom stereocenters. The normalized spacial score (nSPS) is 40.0. The molecule has 86 valence electrons. The van der Waals surface area contributed by atoms with Crippen molar-refractivity contribution in [1.82, 2.24) is 5.32 Å². The Morgan fingerprint density at radius 1 is 1.12 bits per heavy atom. The van der Waals surface area contributed by atoms with E-state index in [1.807, 2.05) is 12.2 Å². The molecule has 4 nitrogen and oxygen atoms in total. The lowest BCUT2D eigenvalue weighted by atomic mass is 9.82. The third-order valence-electron chi connectivity index (χ3n) is 3.97. The average molecular weight is 221 g/mol. The summed E-state index contributed by atoms with van der Waals surface area (Å²) < 4.78 is 0. The molecule has 2 fully saturated rings. The molecule has 3 aliphatic carbocycles. The maximum atomic E-state index is 12.0. The minimum atomic E-state index is -0.826. The van der Waals surface area contributed by atoms with Gasteiger partial charge in [0.1, 0.15) is 0 Å². The second-order valence-corrected chi connectivity index (χ2v) is 5.12. The van der Waals surface area contributed by atoms with Crippen molar-refractivity contribution in [2.75, 3.05) is 0 Å². The lowest BCUT2D eigenvalue weighted by molar-refractivity contribution is -0.147. The van der Waals surface area contributed by atoms with E-state index in [9.17, 15) is 14.7 Å². The number of aliphatic carboxylic acids is 1. The van der Waals surface area contributed by atoms with Crippen LogP contribution in [0.1, 0.15) is 19.3 Å². The van der Waals surface area contributed by atoms with Gasteiger partial charge in [-0.25, -0.2) is 0 Å². The highest BCUT2D eigenvalue weighted by atomic mass is 16.4. The molecule has 0 saturated heterocycles. The van der Waals surface area contributed by atoms with Gasteiger partial charge in [0.05, 0.1) is 11.8 Å². The van der Waals surface area contributed by atoms with Gasteiger partial charge in [-0.05, 0) is 31.1 Å². The lowest BCUT2D eigenvalue weighted by Gasteiger charge is -2.23. The van der Waals surface area contributed by atoms with Crippen LogP contribution in [-0.2, 0) is 9.59 Å². The minimum absolute atomic E-state index is 0.0493. The van der Waals surface area contributed by atoms with Crippen LogP contribution in [0.3, 0.4) is 0 Å². The first kappa shape index (κ1) is 9.87. The first-order chi connectivity index (χ1) is 7.66. The number of carboxylic acid groups (broad SMARTS) is 1. The number of nitrogens with one attached hydrogen (secondary N) is 1. The first-order valence-electron chi connectivity index (χ1n) is 5.88. The van der Waals surface area contributed by atoms with E-state index < -0.39 is 11.9 Å². The third-order valence-corrected chi connectivity index (χ3v) is 3.97. The molecule has 0 aromatic carbocycles. The van der Waals surface area contributed by atoms with E-state index in [0.717, 1.165) is 19.3 Å². The van der Waals surface area contributed by atoms with E-state index in [4.69, 9.17) is 0 Å². The van der Waals surface area contributed by atoms with Crippen LogP contribution in [0.2, 0.25) is 0 Å². The van der Waals surface area contributed by atoms with Crippen molar-refractivity contribution in [1.29, 1.82) is 0 Å². The number of carbonyl (C=O) groups excluding carboxylic acids is 1. The summed E-state index contributed by atoms with van der Waals surface area (Å²) in [4.78, 5) is 23.2. The molecule has 2 bridgehead atoms. The van der Waals surface area contributed by atoms with Gasteiger partial charge in [-0.1, -0.05) is 12.2 Å². The van der Waals surface area contributed by atoms with Gasteiger partial charge in [0, 0.05) is 6.04 Å². The number of allylic oxidation sites excluding steroid dienone is 2. The molecule has 0 spiro atoms. The summed E-state index contributed by atoms with van der Waals surface area (Å²) in [6.45, 7) is 0. The first-order valence-corrected chi connectivity index (χ1v) is 5.88. The van der Waals surface area contributed by atoms with Crippen LogP contribution in [0.4, 0.5) is 0 Å². The molecule has 2 unspecified atom stereocenters. The summed E-state index contributed by atoms with van der Waals surface area (Å²) >= 11 is 0. The smallest absolute Gasteiger partial charge is 0.307 e. The fourth-order valence-corrected chi connectivity index (χ4v) is 3.04. The maximum Gasteiger partial charge on any atom is 0.307 e. The number of rotatable bonds is 3. The van der Waals surface area contributed by atoms with E-state index in [2.05, 4.69) is 5.32 Å². The SMILES string of the molecule is O=C(O)[C@H]1C2C=CC(C2)[C@@H]1C(=O)NC1CC1. The zero-order valence-electron chi connectivity index (χ0n) is 8.93. The largest absolute Gasteiger partial charge is 0.481 e. The summed E-state index contributed by atoms with van der Waals surface area (Å²) in [5, 5.41) is 12.1. The molecule has 3 aliphatic rings. The van der Waals surface area contributed by atoms with Gasteiger partial charge < -0.3 is 10.4 Å². The fourth-order valence-electron chi connectivity index (χ4n) is 3.04. The van der Waals surface area contributed by atoms with Crippen molar-refractivity contribution in [3.05, 3.63) is 12.2 Å². The number of fused-ring (bicyclic) bond motifs is 2. The monoisotopic (exact) mass is 221 g/mol. The molecular formula is C12H15NO3. The van der Waals surface area contributed by atoms with E-state index in [1.54, 1.807) is 0 Å². The van der Waals surface area contributed by atoms with Gasteiger partial charge in [0.15, 0.2) is 0 Å². The molecule has 1 amide bonds. The molecule has 0 aromatic heterocycles. The van der Waals surface area contributed by atoms with E-state index in [-0.39, 0.29) is 23.7 Å². The number of hydrogen-bond donors (Lipinski definition) is 2. The fraction of sp³-hybridized carbons (Fsp3) is 0.667. The number of carboxylic acids is 1. The molecule has 16 heavy (non-hydrogen) atoms. The zero-order valence-corrected chi connectivity index (χ0v) is 8.93. The summed E-state index contributed by atoms with van der Waals surface area (Å²) in [5.41, 5.74) is 0. The topological polar surface area (TPSA) is 66.4 Å². The number of amides is 1. The Labute approximate surface area is 93.7 Å². The van der Waals surface area contributed by atoms with Gasteiger partial charge in [-0.15, -0.1) is 0 Å². The van der Waals surface area contributed by atoms with Gasteiger partial charge in [0.2, 0.25) is 5.91 Å². The van der Waals surface area contributed by atoms with Crippen LogP contribution in [0.5, 0.6) is 0 Å². The van der Waals surface area contributed by atoms with Crippen LogP contribution >= 0.6 is 0 Å². The van der Waals surface area contributed by atoms with Crippen molar-refractivity contribution >= 4 is 11.9 Å². The average Bonchev–Trinajstić information content (AvgIpc) is 2.81. The highest BCUT2D eigenvalue weighted by Crippen LogP contribution is 2.48. The summed E-state index contributed by atoms with van der Waals surface area (Å²) in [5.74, 6) is -1.51. The molecule has 4 heteroatoms. The van der Waals surface area contributed by atoms with Crippen molar-refractivity contribution in [3.63, 3.8) is 0 Å². The Kier molecular flexibility index (Phi) is 2.06. The Morgan fingerprint density at radius 2 is 1.75 bits per heavy atom. The Balaban J connectivity index is 1.78. The second-order valence-electron chi connectivity index (χ2n) is 5.12. The standard InChI is InChI=1S/C12H15NO3/c14-11(13-8-3-4-8)9-6-1-2-7(5-6)10(9)12(15)16/h1-2,6-10H,3-5H2,(H,13,14)(H,15,16)/t6?,7?,9-,10-/m0/s1. The maximum absolute atomic E-state index is 12.0. The van der Waals surface area contributed by atoms with Gasteiger partial charge in [0.25, 0.3) is 0 Å². The van der Waals surface area contributed by atoms with Crippen LogP contribution in [0, 0.1) is 23.7 Å². The van der Waals surface area contributed by atoms with Gasteiger partial charge in [-0.2, -0.15) is 0 Å². The Morgan fingerprint density at radius 3 is 2.31 bits per heavy atom. The molecule has 0 radical (unpaired) electrons. The lowest BCUT2D eigenvalue weighted by Crippen LogP contribution is -2.40. The van der Waals surface area contributed by atoms with Gasteiger partial charge >= 0.3 is 5.97 Å². The highest BCUT2D eigenvalue weighted by molar-refractivity contribution is 5.87. The number of carbonyl (C=O) groups is 2. The zero-order chi connectivity index (χ0) is 11.3. The van der Waals surface area contributed by atoms with Crippen molar-refractivity contribution in [2.24, 2.45) is 23.7 Å². The van der Waals surface area contributed by atoms with Gasteiger partial charge in [-0.3, -0.25) is 9.59 Å². The third kappa shape index (κ3) is 1.44. The number of hydrogen-bond acceptors (Lipinski definition) is 2.